The standard InChI is InChI=1S/C26H23N3O3S/c1-17(19-10-4-3-5-11-19)29-25(32)21-13-7-9-15-23(21)28-26(29)33-16-24(31)27-22-14-8-6-12-20(22)18(2)30/h3-15,17H,16H2,1-2H3,(H,27,31)/t17-/m0/s1. The smallest absolute Gasteiger partial charge is 0.262 e. The molecule has 166 valence electrons. The summed E-state index contributed by atoms with van der Waals surface area (Å²) < 4.78 is 1.64. The molecule has 1 amide bonds. The van der Waals surface area contributed by atoms with Gasteiger partial charge in [-0.05, 0) is 43.7 Å². The number of ketones is 1. The number of anilines is 1. The maximum atomic E-state index is 13.4. The molecule has 1 heterocycles. The van der Waals surface area contributed by atoms with Gasteiger partial charge in [-0.2, -0.15) is 0 Å². The number of fused-ring (bicyclic) bond motifs is 1. The van der Waals surface area contributed by atoms with Crippen LogP contribution in [-0.2, 0) is 4.79 Å². The second-order valence-electron chi connectivity index (χ2n) is 7.61. The fourth-order valence-corrected chi connectivity index (χ4v) is 4.54. The first-order chi connectivity index (χ1) is 16.0. The maximum absolute atomic E-state index is 13.4. The lowest BCUT2D eigenvalue weighted by Crippen LogP contribution is -2.27. The number of thioether (sulfide) groups is 1. The largest absolute Gasteiger partial charge is 0.325 e. The van der Waals surface area contributed by atoms with Gasteiger partial charge in [-0.25, -0.2) is 4.98 Å². The highest BCUT2D eigenvalue weighted by molar-refractivity contribution is 7.99. The van der Waals surface area contributed by atoms with Crippen molar-refractivity contribution in [1.82, 2.24) is 9.55 Å². The molecular weight excluding hydrogens is 434 g/mol. The summed E-state index contributed by atoms with van der Waals surface area (Å²) in [7, 11) is 0. The van der Waals surface area contributed by atoms with Crippen molar-refractivity contribution in [3.8, 4) is 0 Å². The predicted molar refractivity (Wildman–Crippen MR) is 132 cm³/mol. The molecule has 1 atom stereocenters. The number of aromatic nitrogens is 2. The Morgan fingerprint density at radius 3 is 2.39 bits per heavy atom. The number of rotatable bonds is 7. The molecule has 7 heteroatoms. The van der Waals surface area contributed by atoms with Gasteiger partial charge in [-0.3, -0.25) is 19.0 Å². The number of carbonyl (C=O) groups excluding carboxylic acids is 2. The fraction of sp³-hybridized carbons (Fsp3) is 0.154. The lowest BCUT2D eigenvalue weighted by atomic mass is 10.1. The highest BCUT2D eigenvalue weighted by atomic mass is 32.2. The van der Waals surface area contributed by atoms with E-state index in [0.717, 1.165) is 5.56 Å². The van der Waals surface area contributed by atoms with Crippen LogP contribution in [0, 0.1) is 0 Å². The lowest BCUT2D eigenvalue weighted by Gasteiger charge is -2.20. The predicted octanol–water partition coefficient (Wildman–Crippen LogP) is 4.94. The van der Waals surface area contributed by atoms with Gasteiger partial charge < -0.3 is 5.32 Å². The summed E-state index contributed by atoms with van der Waals surface area (Å²) in [5.74, 6) is -0.367. The first-order valence-corrected chi connectivity index (χ1v) is 11.5. The Kier molecular flexibility index (Phi) is 6.70. The summed E-state index contributed by atoms with van der Waals surface area (Å²) in [5, 5.41) is 3.79. The molecule has 0 spiro atoms. The number of nitrogens with one attached hydrogen (secondary N) is 1. The number of benzene rings is 3. The van der Waals surface area contributed by atoms with Crippen molar-refractivity contribution in [1.29, 1.82) is 0 Å². The number of carbonyl (C=O) groups is 2. The normalized spacial score (nSPS) is 11.8. The SMILES string of the molecule is CC(=O)c1ccccc1NC(=O)CSc1nc2ccccc2c(=O)n1[C@@H](C)c1ccccc1. The van der Waals surface area contributed by atoms with Crippen LogP contribution < -0.4 is 10.9 Å². The Hall–Kier alpha value is -3.71. The summed E-state index contributed by atoms with van der Waals surface area (Å²) in [6, 6.07) is 23.5. The summed E-state index contributed by atoms with van der Waals surface area (Å²) in [4.78, 5) is 42.6. The highest BCUT2D eigenvalue weighted by Gasteiger charge is 2.19. The average molecular weight is 458 g/mol. The lowest BCUT2D eigenvalue weighted by molar-refractivity contribution is -0.113. The number of nitrogens with zero attached hydrogens (tertiary/aromatic N) is 2. The average Bonchev–Trinajstić information content (AvgIpc) is 2.83. The Morgan fingerprint density at radius 2 is 1.64 bits per heavy atom. The molecule has 0 aliphatic heterocycles. The minimum atomic E-state index is -0.282. The molecule has 1 aromatic heterocycles. The van der Waals surface area contributed by atoms with E-state index in [1.54, 1.807) is 41.0 Å². The topological polar surface area (TPSA) is 81.1 Å². The van der Waals surface area contributed by atoms with E-state index in [0.29, 0.717) is 27.3 Å². The van der Waals surface area contributed by atoms with E-state index in [1.165, 1.54) is 18.7 Å². The van der Waals surface area contributed by atoms with Crippen molar-refractivity contribution < 1.29 is 9.59 Å². The molecular formula is C26H23N3O3S. The van der Waals surface area contributed by atoms with Crippen molar-refractivity contribution in [3.63, 3.8) is 0 Å². The van der Waals surface area contributed by atoms with Gasteiger partial charge in [-0.1, -0.05) is 66.4 Å². The van der Waals surface area contributed by atoms with Crippen molar-refractivity contribution in [2.75, 3.05) is 11.1 Å². The van der Waals surface area contributed by atoms with Crippen molar-refractivity contribution in [2.24, 2.45) is 0 Å². The molecule has 0 bridgehead atoms. The highest BCUT2D eigenvalue weighted by Crippen LogP contribution is 2.25. The van der Waals surface area contributed by atoms with E-state index in [-0.39, 0.29) is 29.0 Å². The molecule has 0 unspecified atom stereocenters. The van der Waals surface area contributed by atoms with Crippen molar-refractivity contribution in [2.45, 2.75) is 25.0 Å². The maximum Gasteiger partial charge on any atom is 0.262 e. The first-order valence-electron chi connectivity index (χ1n) is 10.5. The van der Waals surface area contributed by atoms with Crippen LogP contribution in [0.15, 0.2) is 88.8 Å². The molecule has 1 N–H and O–H groups in total. The number of hydrogen-bond acceptors (Lipinski definition) is 5. The second-order valence-corrected chi connectivity index (χ2v) is 8.55. The van der Waals surface area contributed by atoms with Gasteiger partial charge >= 0.3 is 0 Å². The monoisotopic (exact) mass is 457 g/mol. The van der Waals surface area contributed by atoms with E-state index in [2.05, 4.69) is 5.32 Å². The van der Waals surface area contributed by atoms with Crippen LogP contribution >= 0.6 is 11.8 Å². The second kappa shape index (κ2) is 9.83. The minimum absolute atomic E-state index is 0.0402. The third-order valence-electron chi connectivity index (χ3n) is 5.36. The van der Waals surface area contributed by atoms with Gasteiger partial charge in [0.25, 0.3) is 5.56 Å². The van der Waals surface area contributed by atoms with Gasteiger partial charge in [0.05, 0.1) is 28.4 Å². The summed E-state index contributed by atoms with van der Waals surface area (Å²) in [5.41, 5.74) is 2.33. The molecule has 0 aliphatic carbocycles. The number of para-hydroxylation sites is 2. The Labute approximate surface area is 195 Å². The van der Waals surface area contributed by atoms with Gasteiger partial charge in [0.1, 0.15) is 0 Å². The summed E-state index contributed by atoms with van der Waals surface area (Å²) in [6.07, 6.45) is 0. The first kappa shape index (κ1) is 22.5. The van der Waals surface area contributed by atoms with Crippen LogP contribution in [0.4, 0.5) is 5.69 Å². The van der Waals surface area contributed by atoms with Crippen LogP contribution in [0.25, 0.3) is 10.9 Å². The molecule has 0 fully saturated rings. The van der Waals surface area contributed by atoms with E-state index >= 15 is 0 Å². The number of hydrogen-bond donors (Lipinski definition) is 1. The summed E-state index contributed by atoms with van der Waals surface area (Å²) in [6.45, 7) is 3.41. The van der Waals surface area contributed by atoms with Crippen LogP contribution in [0.3, 0.4) is 0 Å². The third kappa shape index (κ3) is 4.88. The molecule has 0 radical (unpaired) electrons. The molecule has 0 aliphatic rings. The van der Waals surface area contributed by atoms with E-state index in [4.69, 9.17) is 4.98 Å². The fourth-order valence-electron chi connectivity index (χ4n) is 3.67. The van der Waals surface area contributed by atoms with Crippen molar-refractivity contribution >= 4 is 40.0 Å². The van der Waals surface area contributed by atoms with Crippen LogP contribution in [0.2, 0.25) is 0 Å². The molecule has 4 aromatic rings. The molecule has 4 rings (SSSR count). The number of amides is 1. The molecule has 33 heavy (non-hydrogen) atoms. The third-order valence-corrected chi connectivity index (χ3v) is 6.31. The van der Waals surface area contributed by atoms with Gasteiger partial charge in [0, 0.05) is 5.56 Å². The Balaban J connectivity index is 1.65. The number of Topliss-reactive ketones (excluding diaryl/α,β-unsaturated/α-hetero) is 1. The minimum Gasteiger partial charge on any atom is -0.325 e. The van der Waals surface area contributed by atoms with Gasteiger partial charge in [0.2, 0.25) is 5.91 Å². The Morgan fingerprint density at radius 1 is 0.970 bits per heavy atom. The van der Waals surface area contributed by atoms with Crippen molar-refractivity contribution in [3.05, 3.63) is 100 Å². The van der Waals surface area contributed by atoms with Crippen LogP contribution in [0.5, 0.6) is 0 Å². The zero-order chi connectivity index (χ0) is 23.4. The van der Waals surface area contributed by atoms with Gasteiger partial charge in [-0.15, -0.1) is 0 Å². The van der Waals surface area contributed by atoms with E-state index < -0.39 is 0 Å². The van der Waals surface area contributed by atoms with E-state index in [9.17, 15) is 14.4 Å². The van der Waals surface area contributed by atoms with Gasteiger partial charge in [0.15, 0.2) is 10.9 Å². The molecule has 6 nitrogen and oxygen atoms in total. The molecule has 3 aromatic carbocycles. The van der Waals surface area contributed by atoms with E-state index in [1.807, 2.05) is 49.4 Å². The quantitative estimate of drug-likeness (QED) is 0.242. The van der Waals surface area contributed by atoms with Crippen LogP contribution in [-0.4, -0.2) is 27.0 Å². The Bertz CT molecular complexity index is 1380. The zero-order valence-electron chi connectivity index (χ0n) is 18.3. The van der Waals surface area contributed by atoms with Crippen LogP contribution in [0.1, 0.15) is 35.8 Å². The molecule has 0 saturated carbocycles. The molecule has 0 saturated heterocycles. The summed E-state index contributed by atoms with van der Waals surface area (Å²) >= 11 is 1.20. The zero-order valence-corrected chi connectivity index (χ0v) is 19.1.